The van der Waals surface area contributed by atoms with Crippen molar-refractivity contribution in [2.45, 2.75) is 6.54 Å². The zero-order valence-corrected chi connectivity index (χ0v) is 17.3. The molecule has 3 aromatic rings. The summed E-state index contributed by atoms with van der Waals surface area (Å²) in [5.41, 5.74) is 1.19. The minimum atomic E-state index is -0.450. The minimum Gasteiger partial charge on any atom is -0.497 e. The molecular formula is C21H20N2O5S. The van der Waals surface area contributed by atoms with Crippen molar-refractivity contribution < 1.29 is 23.7 Å². The molecule has 0 N–H and O–H groups in total. The van der Waals surface area contributed by atoms with Gasteiger partial charge in [0.25, 0.3) is 5.91 Å². The molecule has 0 spiro atoms. The summed E-state index contributed by atoms with van der Waals surface area (Å²) in [6.45, 7) is 0.285. The highest BCUT2D eigenvalue weighted by molar-refractivity contribution is 7.16. The van der Waals surface area contributed by atoms with Gasteiger partial charge in [-0.2, -0.15) is 4.99 Å². The van der Waals surface area contributed by atoms with Crippen molar-refractivity contribution in [3.05, 3.63) is 40.7 Å². The standard InChI is InChI=1S/C21H20N2O5S/c1-6-9-23-15-8-7-14(25-2)12-18(15)29-21(23)22-20(24)13-10-16(26-3)19(28-5)17(11-13)27-4/h1,7-8,10-12H,9H2,2-5H3. The van der Waals surface area contributed by atoms with Crippen molar-refractivity contribution in [2.24, 2.45) is 4.99 Å². The monoisotopic (exact) mass is 412 g/mol. The number of benzene rings is 2. The van der Waals surface area contributed by atoms with Gasteiger partial charge < -0.3 is 23.5 Å². The topological polar surface area (TPSA) is 71.3 Å². The Labute approximate surface area is 172 Å². The number of hydrogen-bond donors (Lipinski definition) is 0. The lowest BCUT2D eigenvalue weighted by Crippen LogP contribution is -2.16. The number of amides is 1. The summed E-state index contributed by atoms with van der Waals surface area (Å²) >= 11 is 1.36. The maximum absolute atomic E-state index is 12.9. The zero-order chi connectivity index (χ0) is 21.0. The van der Waals surface area contributed by atoms with Gasteiger partial charge in [-0.25, -0.2) is 0 Å². The lowest BCUT2D eigenvalue weighted by Gasteiger charge is -2.12. The summed E-state index contributed by atoms with van der Waals surface area (Å²) in [6.07, 6.45) is 5.52. The summed E-state index contributed by atoms with van der Waals surface area (Å²) in [5, 5.41) is 0. The third-order valence-electron chi connectivity index (χ3n) is 4.25. The number of fused-ring (bicyclic) bond motifs is 1. The number of carbonyl (C=O) groups is 1. The van der Waals surface area contributed by atoms with E-state index in [1.807, 2.05) is 22.8 Å². The second kappa shape index (κ2) is 8.71. The Morgan fingerprint density at radius 2 is 1.76 bits per heavy atom. The number of thiazole rings is 1. The Kier molecular flexibility index (Phi) is 6.10. The van der Waals surface area contributed by atoms with E-state index in [9.17, 15) is 4.79 Å². The van der Waals surface area contributed by atoms with E-state index in [0.717, 1.165) is 10.2 Å². The Bertz CT molecular complexity index is 1150. The Balaban J connectivity index is 2.15. The lowest BCUT2D eigenvalue weighted by atomic mass is 10.1. The lowest BCUT2D eigenvalue weighted by molar-refractivity contribution is 0.0997. The highest BCUT2D eigenvalue weighted by Gasteiger charge is 2.17. The van der Waals surface area contributed by atoms with E-state index in [0.29, 0.717) is 33.4 Å². The normalized spacial score (nSPS) is 11.2. The van der Waals surface area contributed by atoms with Gasteiger partial charge in [0.1, 0.15) is 5.75 Å². The van der Waals surface area contributed by atoms with Crippen LogP contribution in [-0.4, -0.2) is 38.9 Å². The largest absolute Gasteiger partial charge is 0.497 e. The molecule has 1 heterocycles. The number of terminal acetylenes is 1. The third kappa shape index (κ3) is 3.91. The van der Waals surface area contributed by atoms with E-state index in [1.165, 1.54) is 32.7 Å². The van der Waals surface area contributed by atoms with E-state index in [4.69, 9.17) is 25.4 Å². The van der Waals surface area contributed by atoms with Crippen LogP contribution in [0.4, 0.5) is 0 Å². The maximum atomic E-state index is 12.9. The highest BCUT2D eigenvalue weighted by atomic mass is 32.1. The molecule has 0 radical (unpaired) electrons. The van der Waals surface area contributed by atoms with E-state index in [1.54, 1.807) is 19.2 Å². The molecular weight excluding hydrogens is 392 g/mol. The van der Waals surface area contributed by atoms with Crippen LogP contribution in [0, 0.1) is 12.3 Å². The molecule has 0 bridgehead atoms. The van der Waals surface area contributed by atoms with Crippen LogP contribution in [0.3, 0.4) is 0 Å². The molecule has 0 aliphatic heterocycles. The summed E-state index contributed by atoms with van der Waals surface area (Å²) in [7, 11) is 6.08. The molecule has 7 nitrogen and oxygen atoms in total. The average molecular weight is 412 g/mol. The van der Waals surface area contributed by atoms with Crippen LogP contribution < -0.4 is 23.7 Å². The van der Waals surface area contributed by atoms with Gasteiger partial charge in [-0.3, -0.25) is 4.79 Å². The molecule has 8 heteroatoms. The fraction of sp³-hybridized carbons (Fsp3) is 0.238. The minimum absolute atomic E-state index is 0.285. The molecule has 2 aromatic carbocycles. The highest BCUT2D eigenvalue weighted by Crippen LogP contribution is 2.38. The van der Waals surface area contributed by atoms with E-state index >= 15 is 0 Å². The Morgan fingerprint density at radius 1 is 1.07 bits per heavy atom. The first-order valence-corrected chi connectivity index (χ1v) is 9.37. The predicted octanol–water partition coefficient (Wildman–Crippen LogP) is 3.11. The van der Waals surface area contributed by atoms with Gasteiger partial charge in [-0.05, 0) is 30.3 Å². The number of aromatic nitrogens is 1. The van der Waals surface area contributed by atoms with Crippen LogP contribution >= 0.6 is 11.3 Å². The average Bonchev–Trinajstić information content (AvgIpc) is 3.08. The Morgan fingerprint density at radius 3 is 2.31 bits per heavy atom. The molecule has 3 rings (SSSR count). The van der Waals surface area contributed by atoms with Crippen molar-refractivity contribution in [3.63, 3.8) is 0 Å². The molecule has 0 unspecified atom stereocenters. The van der Waals surface area contributed by atoms with E-state index < -0.39 is 5.91 Å². The summed E-state index contributed by atoms with van der Waals surface area (Å²) in [4.78, 5) is 17.7. The van der Waals surface area contributed by atoms with Crippen LogP contribution in [0.5, 0.6) is 23.0 Å². The number of rotatable bonds is 6. The van der Waals surface area contributed by atoms with Gasteiger partial charge in [0.05, 0.1) is 45.2 Å². The molecule has 1 aromatic heterocycles. The SMILES string of the molecule is C#CCn1c(=NC(=O)c2cc(OC)c(OC)c(OC)c2)sc2cc(OC)ccc21. The quantitative estimate of drug-likeness (QED) is 0.582. The molecule has 0 saturated carbocycles. The van der Waals surface area contributed by atoms with Gasteiger partial charge >= 0.3 is 0 Å². The number of hydrogen-bond acceptors (Lipinski definition) is 6. The molecule has 0 fully saturated rings. The first-order valence-electron chi connectivity index (χ1n) is 8.56. The number of methoxy groups -OCH3 is 4. The summed E-state index contributed by atoms with van der Waals surface area (Å²) in [5.74, 6) is 4.03. The second-order valence-corrected chi connectivity index (χ2v) is 6.85. The van der Waals surface area contributed by atoms with Crippen molar-refractivity contribution in [2.75, 3.05) is 28.4 Å². The molecule has 0 saturated heterocycles. The van der Waals surface area contributed by atoms with Gasteiger partial charge in [0.2, 0.25) is 5.75 Å². The van der Waals surface area contributed by atoms with Crippen molar-refractivity contribution in [1.82, 2.24) is 4.57 Å². The van der Waals surface area contributed by atoms with Crippen LogP contribution in [0.2, 0.25) is 0 Å². The van der Waals surface area contributed by atoms with Crippen molar-refractivity contribution in [1.29, 1.82) is 0 Å². The molecule has 150 valence electrons. The molecule has 1 amide bonds. The first kappa shape index (κ1) is 20.3. The molecule has 0 aliphatic rings. The number of ether oxygens (including phenoxy) is 4. The third-order valence-corrected chi connectivity index (χ3v) is 5.29. The molecule has 0 atom stereocenters. The first-order chi connectivity index (χ1) is 14.1. The maximum Gasteiger partial charge on any atom is 0.279 e. The fourth-order valence-corrected chi connectivity index (χ4v) is 3.92. The molecule has 29 heavy (non-hydrogen) atoms. The predicted molar refractivity (Wildman–Crippen MR) is 111 cm³/mol. The number of nitrogens with zero attached hydrogens (tertiary/aromatic N) is 2. The zero-order valence-electron chi connectivity index (χ0n) is 16.5. The summed E-state index contributed by atoms with van der Waals surface area (Å²) < 4.78 is 23.9. The van der Waals surface area contributed by atoms with Crippen molar-refractivity contribution >= 4 is 27.5 Å². The van der Waals surface area contributed by atoms with Crippen LogP contribution in [0.25, 0.3) is 10.2 Å². The van der Waals surface area contributed by atoms with Crippen LogP contribution in [0.15, 0.2) is 35.3 Å². The number of carbonyl (C=O) groups excluding carboxylic acids is 1. The smallest absolute Gasteiger partial charge is 0.279 e. The van der Waals surface area contributed by atoms with Gasteiger partial charge in [-0.15, -0.1) is 6.42 Å². The van der Waals surface area contributed by atoms with Gasteiger partial charge in [0.15, 0.2) is 16.3 Å². The van der Waals surface area contributed by atoms with Gasteiger partial charge in [-0.1, -0.05) is 17.3 Å². The van der Waals surface area contributed by atoms with Crippen LogP contribution in [0.1, 0.15) is 10.4 Å². The van der Waals surface area contributed by atoms with E-state index in [-0.39, 0.29) is 6.54 Å². The van der Waals surface area contributed by atoms with Crippen molar-refractivity contribution in [3.8, 4) is 35.3 Å². The van der Waals surface area contributed by atoms with E-state index in [2.05, 4.69) is 10.9 Å². The second-order valence-electron chi connectivity index (χ2n) is 5.84. The summed E-state index contributed by atoms with van der Waals surface area (Å²) in [6, 6.07) is 8.75. The van der Waals surface area contributed by atoms with Crippen LogP contribution in [-0.2, 0) is 6.54 Å². The van der Waals surface area contributed by atoms with Gasteiger partial charge in [0, 0.05) is 5.56 Å². The fourth-order valence-electron chi connectivity index (χ4n) is 2.87. The molecule has 0 aliphatic carbocycles. The Hall–Kier alpha value is -3.44.